The molecule has 0 aromatic rings. The Kier molecular flexibility index (Phi) is 5.66. The van der Waals surface area contributed by atoms with Gasteiger partial charge in [0.1, 0.15) is 0 Å². The third-order valence-electron chi connectivity index (χ3n) is 0.158. The molecule has 0 nitrogen and oxygen atoms in total. The molecule has 0 saturated carbocycles. The van der Waals surface area contributed by atoms with Crippen molar-refractivity contribution in [2.75, 3.05) is 5.75 Å². The second-order valence-electron chi connectivity index (χ2n) is 0.577. The molecular formula is C2H5HgS. The molecular weight excluding hydrogens is 257 g/mol. The van der Waals surface area contributed by atoms with Crippen LogP contribution in [0, 0.1) is 0 Å². The molecule has 0 N–H and O–H groups in total. The summed E-state index contributed by atoms with van der Waals surface area (Å²) in [6.45, 7) is 0. The topological polar surface area (TPSA) is 0 Å². The van der Waals surface area contributed by atoms with Gasteiger partial charge in [0.05, 0.1) is 0 Å². The van der Waals surface area contributed by atoms with Crippen LogP contribution in [0.15, 0.2) is 0 Å². The van der Waals surface area contributed by atoms with Crippen LogP contribution in [-0.4, -0.2) is 5.75 Å². The second kappa shape index (κ2) is 4.29. The van der Waals surface area contributed by atoms with E-state index in [1.807, 2.05) is 0 Å². The molecule has 0 spiro atoms. The van der Waals surface area contributed by atoms with Gasteiger partial charge >= 0.3 is 48.4 Å². The Morgan fingerprint density at radius 1 is 1.75 bits per heavy atom. The zero-order chi connectivity index (χ0) is 3.41. The van der Waals surface area contributed by atoms with Crippen LogP contribution >= 0.6 is 12.6 Å². The third-order valence-corrected chi connectivity index (χ3v) is 4.16. The van der Waals surface area contributed by atoms with Gasteiger partial charge in [-0.2, -0.15) is 0 Å². The molecule has 0 heterocycles. The van der Waals surface area contributed by atoms with Crippen molar-refractivity contribution >= 4 is 12.6 Å². The molecule has 0 saturated heterocycles. The third kappa shape index (κ3) is 3.29. The fraction of sp³-hybridized carbons (Fsp3) is 1.00. The number of rotatable bonds is 1. The summed E-state index contributed by atoms with van der Waals surface area (Å²) in [5.74, 6) is 1.10. The van der Waals surface area contributed by atoms with Crippen molar-refractivity contribution in [3.05, 3.63) is 0 Å². The number of thiol groups is 1. The van der Waals surface area contributed by atoms with Crippen molar-refractivity contribution in [2.45, 2.75) is 3.93 Å². The number of hydrogen-bond acceptors (Lipinski definition) is 1. The molecule has 21 valence electrons. The van der Waals surface area contributed by atoms with E-state index in [1.54, 1.807) is 0 Å². The first-order chi connectivity index (χ1) is 1.91. The molecule has 0 rings (SSSR count). The molecule has 0 aromatic carbocycles. The van der Waals surface area contributed by atoms with Gasteiger partial charge in [0.15, 0.2) is 0 Å². The summed E-state index contributed by atoms with van der Waals surface area (Å²) in [6, 6.07) is 0. The van der Waals surface area contributed by atoms with Crippen molar-refractivity contribution in [3.63, 3.8) is 0 Å². The van der Waals surface area contributed by atoms with Crippen LogP contribution in [0.2, 0.25) is 3.93 Å². The van der Waals surface area contributed by atoms with Gasteiger partial charge in [-0.3, -0.25) is 0 Å². The second-order valence-corrected chi connectivity index (χ2v) is 3.77. The van der Waals surface area contributed by atoms with Crippen LogP contribution in [0.1, 0.15) is 0 Å². The van der Waals surface area contributed by atoms with Crippen LogP contribution in [0.25, 0.3) is 0 Å². The van der Waals surface area contributed by atoms with E-state index in [9.17, 15) is 0 Å². The number of hydrogen-bond donors (Lipinski definition) is 1. The van der Waals surface area contributed by atoms with E-state index in [0.717, 1.165) is 31.9 Å². The molecule has 2 heteroatoms. The standard InChI is InChI=1S/C2H5S.Hg/c1-2-3;/h3H,1-2H2;. The van der Waals surface area contributed by atoms with E-state index >= 15 is 0 Å². The monoisotopic (exact) mass is 263 g/mol. The summed E-state index contributed by atoms with van der Waals surface area (Å²) in [6.07, 6.45) is 0. The van der Waals surface area contributed by atoms with E-state index < -0.39 is 0 Å². The first-order valence-electron chi connectivity index (χ1n) is 1.32. The fourth-order valence-corrected chi connectivity index (χ4v) is 0. The van der Waals surface area contributed by atoms with Crippen LogP contribution < -0.4 is 0 Å². The van der Waals surface area contributed by atoms with Crippen molar-refractivity contribution in [3.8, 4) is 0 Å². The molecule has 0 radical (unpaired) electrons. The average Bonchev–Trinajstić information content (AvgIpc) is 1.37. The normalized spacial score (nSPS) is 7.75. The van der Waals surface area contributed by atoms with Crippen LogP contribution in [0.5, 0.6) is 0 Å². The quantitative estimate of drug-likeness (QED) is 0.526. The Morgan fingerprint density at radius 3 is 2.00 bits per heavy atom. The minimum absolute atomic E-state index is 0.997. The summed E-state index contributed by atoms with van der Waals surface area (Å²) in [5, 5.41) is 0. The van der Waals surface area contributed by atoms with Gasteiger partial charge in [0.2, 0.25) is 0 Å². The predicted molar refractivity (Wildman–Crippen MR) is 18.7 cm³/mol. The molecule has 0 atom stereocenters. The summed E-state index contributed by atoms with van der Waals surface area (Å²) < 4.78 is 1.38. The zero-order valence-electron chi connectivity index (χ0n) is 2.57. The van der Waals surface area contributed by atoms with Crippen molar-refractivity contribution < 1.29 is 26.1 Å². The summed E-state index contributed by atoms with van der Waals surface area (Å²) in [5.41, 5.74) is 0. The minimum atomic E-state index is 0.997. The first kappa shape index (κ1) is 5.29. The molecule has 0 aliphatic heterocycles. The van der Waals surface area contributed by atoms with Gasteiger partial charge in [-0.1, -0.05) is 0 Å². The average molecular weight is 262 g/mol. The first-order valence-corrected chi connectivity index (χ1v) is 5.84. The summed E-state index contributed by atoms with van der Waals surface area (Å²) in [7, 11) is 0. The molecule has 0 unspecified atom stereocenters. The Morgan fingerprint density at radius 2 is 2.00 bits per heavy atom. The fourth-order valence-electron chi connectivity index (χ4n) is 0. The molecule has 0 bridgehead atoms. The van der Waals surface area contributed by atoms with E-state index in [1.165, 1.54) is 3.93 Å². The molecule has 0 amide bonds. The van der Waals surface area contributed by atoms with Crippen LogP contribution in [0.3, 0.4) is 0 Å². The summed E-state index contributed by atoms with van der Waals surface area (Å²) >= 11 is 4.97. The van der Waals surface area contributed by atoms with Gasteiger partial charge < -0.3 is 0 Å². The summed E-state index contributed by atoms with van der Waals surface area (Å²) in [4.78, 5) is 0. The van der Waals surface area contributed by atoms with Gasteiger partial charge in [-0.25, -0.2) is 0 Å². The van der Waals surface area contributed by atoms with Gasteiger partial charge in [-0.15, -0.1) is 0 Å². The van der Waals surface area contributed by atoms with Crippen LogP contribution in [0.4, 0.5) is 0 Å². The van der Waals surface area contributed by atoms with Crippen molar-refractivity contribution in [1.29, 1.82) is 0 Å². The molecule has 0 fully saturated rings. The van der Waals surface area contributed by atoms with E-state index in [0.29, 0.717) is 0 Å². The van der Waals surface area contributed by atoms with Gasteiger partial charge in [0, 0.05) is 0 Å². The van der Waals surface area contributed by atoms with Crippen molar-refractivity contribution in [2.24, 2.45) is 0 Å². The maximum absolute atomic E-state index is 3.97. The Hall–Kier alpha value is 1.29. The Bertz CT molecular complexity index is 8.00. The van der Waals surface area contributed by atoms with E-state index in [-0.39, 0.29) is 0 Å². The van der Waals surface area contributed by atoms with Crippen molar-refractivity contribution in [1.82, 2.24) is 0 Å². The molecule has 0 aliphatic rings. The maximum atomic E-state index is 3.97. The molecule has 4 heavy (non-hydrogen) atoms. The van der Waals surface area contributed by atoms with Gasteiger partial charge in [0.25, 0.3) is 0 Å². The van der Waals surface area contributed by atoms with E-state index in [2.05, 4.69) is 12.6 Å². The SMILES string of the molecule is SC[CH2][Hg]. The predicted octanol–water partition coefficient (Wildman–Crippen LogP) is 0.881. The van der Waals surface area contributed by atoms with Gasteiger partial charge in [-0.05, 0) is 0 Å². The Labute approximate surface area is 48.3 Å². The van der Waals surface area contributed by atoms with E-state index in [4.69, 9.17) is 0 Å². The molecule has 0 aromatic heterocycles. The zero-order valence-corrected chi connectivity index (χ0v) is 8.96. The van der Waals surface area contributed by atoms with Crippen LogP contribution in [-0.2, 0) is 26.1 Å². The Balaban J connectivity index is 1.97. The molecule has 0 aliphatic carbocycles.